The van der Waals surface area contributed by atoms with Gasteiger partial charge in [-0.1, -0.05) is 32.9 Å². The second-order valence-corrected chi connectivity index (χ2v) is 7.28. The number of hydrogen-bond donors (Lipinski definition) is 1. The van der Waals surface area contributed by atoms with Gasteiger partial charge in [0.25, 0.3) is 0 Å². The largest absolute Gasteiger partial charge is 0.481 e. The van der Waals surface area contributed by atoms with Crippen LogP contribution in [0.4, 0.5) is 0 Å². The van der Waals surface area contributed by atoms with Crippen molar-refractivity contribution in [3.63, 3.8) is 0 Å². The van der Waals surface area contributed by atoms with E-state index in [2.05, 4.69) is 26.0 Å². The van der Waals surface area contributed by atoms with Crippen molar-refractivity contribution in [1.82, 2.24) is 4.90 Å². The summed E-state index contributed by atoms with van der Waals surface area (Å²) in [5.41, 5.74) is 1.29. The van der Waals surface area contributed by atoms with E-state index in [1.165, 1.54) is 17.3 Å². The summed E-state index contributed by atoms with van der Waals surface area (Å²) in [6.07, 6.45) is 0. The molecule has 2 atom stereocenters. The zero-order chi connectivity index (χ0) is 16.3. The Kier molecular flexibility index (Phi) is 5.51. The molecule has 1 aromatic carbocycles. The predicted octanol–water partition coefficient (Wildman–Crippen LogP) is 3.08. The molecule has 2 rings (SSSR count). The van der Waals surface area contributed by atoms with Crippen LogP contribution in [0.1, 0.15) is 32.3 Å². The van der Waals surface area contributed by atoms with Crippen LogP contribution in [0.25, 0.3) is 0 Å². The molecule has 1 N–H and O–H groups in total. The molecule has 1 heterocycles. The summed E-state index contributed by atoms with van der Waals surface area (Å²) in [4.78, 5) is 26.1. The van der Waals surface area contributed by atoms with Gasteiger partial charge in [-0.15, -0.1) is 11.8 Å². The summed E-state index contributed by atoms with van der Waals surface area (Å²) >= 11 is 1.51. The first-order valence-corrected chi connectivity index (χ1v) is 8.60. The minimum absolute atomic E-state index is 0.0218. The summed E-state index contributed by atoms with van der Waals surface area (Å²) in [5, 5.41) is 9.12. The van der Waals surface area contributed by atoms with Crippen molar-refractivity contribution in [1.29, 1.82) is 0 Å². The fraction of sp³-hybridized carbons (Fsp3) is 0.529. The van der Waals surface area contributed by atoms with Gasteiger partial charge in [0.1, 0.15) is 0 Å². The first-order valence-electron chi connectivity index (χ1n) is 7.61. The van der Waals surface area contributed by atoms with Gasteiger partial charge in [-0.05, 0) is 29.5 Å². The van der Waals surface area contributed by atoms with Crippen LogP contribution in [0.15, 0.2) is 29.2 Å². The Morgan fingerprint density at radius 1 is 1.27 bits per heavy atom. The monoisotopic (exact) mass is 321 g/mol. The quantitative estimate of drug-likeness (QED) is 0.847. The summed E-state index contributed by atoms with van der Waals surface area (Å²) in [6.45, 7) is 7.08. The van der Waals surface area contributed by atoms with Crippen LogP contribution in [0, 0.1) is 11.8 Å². The number of carboxylic acid groups (broad SMARTS) is 1. The molecule has 0 aromatic heterocycles. The van der Waals surface area contributed by atoms with Gasteiger partial charge in [0.15, 0.2) is 0 Å². The van der Waals surface area contributed by atoms with Crippen LogP contribution in [0.2, 0.25) is 0 Å². The smallest absolute Gasteiger partial charge is 0.308 e. The first kappa shape index (κ1) is 16.9. The average molecular weight is 321 g/mol. The van der Waals surface area contributed by atoms with Crippen molar-refractivity contribution in [2.75, 3.05) is 18.8 Å². The van der Waals surface area contributed by atoms with Gasteiger partial charge in [-0.3, -0.25) is 9.59 Å². The second kappa shape index (κ2) is 7.18. The fourth-order valence-electron chi connectivity index (χ4n) is 2.68. The number of thioether (sulfide) groups is 1. The van der Waals surface area contributed by atoms with Crippen LogP contribution in [-0.4, -0.2) is 40.7 Å². The molecule has 0 aliphatic carbocycles. The van der Waals surface area contributed by atoms with Crippen LogP contribution in [0.3, 0.4) is 0 Å². The Hall–Kier alpha value is -1.49. The number of hydrogen-bond acceptors (Lipinski definition) is 3. The topological polar surface area (TPSA) is 57.6 Å². The van der Waals surface area contributed by atoms with Gasteiger partial charge in [-0.2, -0.15) is 0 Å². The van der Waals surface area contributed by atoms with Gasteiger partial charge < -0.3 is 10.0 Å². The maximum atomic E-state index is 12.2. The standard InChI is InChI=1S/C17H23NO3S/c1-11(2)13-4-6-14(7-5-13)22-10-16(19)18-8-12(3)15(9-18)17(20)21/h4-7,11-12,15H,8-10H2,1-3H3,(H,20,21)/t12-,15-/m1/s1. The van der Waals surface area contributed by atoms with E-state index in [1.807, 2.05) is 19.1 Å². The normalized spacial score (nSPS) is 21.4. The van der Waals surface area contributed by atoms with E-state index in [1.54, 1.807) is 4.90 Å². The molecule has 0 unspecified atom stereocenters. The predicted molar refractivity (Wildman–Crippen MR) is 88.1 cm³/mol. The third-order valence-electron chi connectivity index (χ3n) is 4.19. The lowest BCUT2D eigenvalue weighted by molar-refractivity contribution is -0.142. The van der Waals surface area contributed by atoms with E-state index in [-0.39, 0.29) is 11.8 Å². The Balaban J connectivity index is 1.87. The zero-order valence-electron chi connectivity index (χ0n) is 13.3. The van der Waals surface area contributed by atoms with E-state index in [9.17, 15) is 9.59 Å². The number of likely N-dealkylation sites (tertiary alicyclic amines) is 1. The van der Waals surface area contributed by atoms with Crippen LogP contribution >= 0.6 is 11.8 Å². The Morgan fingerprint density at radius 3 is 2.41 bits per heavy atom. The van der Waals surface area contributed by atoms with Crippen molar-refractivity contribution in [3.05, 3.63) is 29.8 Å². The molecule has 22 heavy (non-hydrogen) atoms. The van der Waals surface area contributed by atoms with Gasteiger partial charge in [-0.25, -0.2) is 0 Å². The first-order chi connectivity index (χ1) is 10.4. The molecule has 1 fully saturated rings. The highest BCUT2D eigenvalue weighted by Crippen LogP contribution is 2.26. The highest BCUT2D eigenvalue weighted by molar-refractivity contribution is 8.00. The van der Waals surface area contributed by atoms with Gasteiger partial charge >= 0.3 is 5.97 Å². The number of nitrogens with zero attached hydrogens (tertiary/aromatic N) is 1. The van der Waals surface area contributed by atoms with Crippen LogP contribution in [-0.2, 0) is 9.59 Å². The van der Waals surface area contributed by atoms with E-state index in [0.29, 0.717) is 24.8 Å². The number of carbonyl (C=O) groups is 2. The maximum Gasteiger partial charge on any atom is 0.308 e. The molecule has 1 saturated heterocycles. The van der Waals surface area contributed by atoms with E-state index >= 15 is 0 Å². The molecule has 0 bridgehead atoms. The van der Waals surface area contributed by atoms with Crippen molar-refractivity contribution in [2.45, 2.75) is 31.6 Å². The summed E-state index contributed by atoms with van der Waals surface area (Å²) in [5.74, 6) is -0.330. The number of aliphatic carboxylic acids is 1. The molecule has 1 aliphatic rings. The third kappa shape index (κ3) is 4.03. The zero-order valence-corrected chi connectivity index (χ0v) is 14.1. The summed E-state index contributed by atoms with van der Waals surface area (Å²) in [6, 6.07) is 8.27. The molecular formula is C17H23NO3S. The molecule has 1 amide bonds. The molecular weight excluding hydrogens is 298 g/mol. The van der Waals surface area contributed by atoms with E-state index in [4.69, 9.17) is 5.11 Å². The molecule has 1 aromatic rings. The average Bonchev–Trinajstić information content (AvgIpc) is 2.87. The van der Waals surface area contributed by atoms with Crippen LogP contribution in [0.5, 0.6) is 0 Å². The summed E-state index contributed by atoms with van der Waals surface area (Å²) < 4.78 is 0. The molecule has 0 saturated carbocycles. The molecule has 4 nitrogen and oxygen atoms in total. The Morgan fingerprint density at radius 2 is 1.91 bits per heavy atom. The Labute approximate surface area is 135 Å². The van der Waals surface area contributed by atoms with Crippen molar-refractivity contribution in [3.8, 4) is 0 Å². The lowest BCUT2D eigenvalue weighted by atomic mass is 9.99. The lowest BCUT2D eigenvalue weighted by Gasteiger charge is -2.15. The third-order valence-corrected chi connectivity index (χ3v) is 5.19. The number of benzene rings is 1. The lowest BCUT2D eigenvalue weighted by Crippen LogP contribution is -2.31. The minimum Gasteiger partial charge on any atom is -0.481 e. The van der Waals surface area contributed by atoms with Gasteiger partial charge in [0.2, 0.25) is 5.91 Å². The van der Waals surface area contributed by atoms with Crippen molar-refractivity contribution < 1.29 is 14.7 Å². The molecule has 120 valence electrons. The molecule has 0 radical (unpaired) electrons. The molecule has 0 spiro atoms. The molecule has 1 aliphatic heterocycles. The van der Waals surface area contributed by atoms with Gasteiger partial charge in [0, 0.05) is 18.0 Å². The van der Waals surface area contributed by atoms with E-state index in [0.717, 1.165) is 4.90 Å². The number of carboxylic acids is 1. The number of amides is 1. The maximum absolute atomic E-state index is 12.2. The highest BCUT2D eigenvalue weighted by Gasteiger charge is 2.36. The summed E-state index contributed by atoms with van der Waals surface area (Å²) in [7, 11) is 0. The van der Waals surface area contributed by atoms with Gasteiger partial charge in [0.05, 0.1) is 11.7 Å². The number of rotatable bonds is 5. The van der Waals surface area contributed by atoms with E-state index < -0.39 is 11.9 Å². The highest BCUT2D eigenvalue weighted by atomic mass is 32.2. The SMILES string of the molecule is CC(C)c1ccc(SCC(=O)N2C[C@@H](C)[C@H](C(=O)O)C2)cc1. The second-order valence-electron chi connectivity index (χ2n) is 6.23. The van der Waals surface area contributed by atoms with Crippen molar-refractivity contribution in [2.24, 2.45) is 11.8 Å². The fourth-order valence-corrected chi connectivity index (χ4v) is 3.48. The minimum atomic E-state index is -0.806. The Bertz CT molecular complexity index is 541. The molecule has 5 heteroatoms. The number of carbonyl (C=O) groups excluding carboxylic acids is 1. The van der Waals surface area contributed by atoms with Crippen LogP contribution < -0.4 is 0 Å². The van der Waals surface area contributed by atoms with Crippen molar-refractivity contribution >= 4 is 23.6 Å².